The van der Waals surface area contributed by atoms with Crippen LogP contribution >= 0.6 is 0 Å². The van der Waals surface area contributed by atoms with Crippen LogP contribution in [0, 0.1) is 0 Å². The summed E-state index contributed by atoms with van der Waals surface area (Å²) in [5.74, 6) is 1.66. The fourth-order valence-electron chi connectivity index (χ4n) is 3.80. The molecule has 3 aromatic rings. The fraction of sp³-hybridized carbons (Fsp3) is 0.435. The molecule has 0 spiro atoms. The molecule has 4 rings (SSSR count). The van der Waals surface area contributed by atoms with Crippen molar-refractivity contribution in [3.8, 4) is 0 Å². The van der Waals surface area contributed by atoms with Gasteiger partial charge in [-0.3, -0.25) is 9.69 Å². The summed E-state index contributed by atoms with van der Waals surface area (Å²) in [6, 6.07) is 15.0. The van der Waals surface area contributed by atoms with Crippen LogP contribution < -0.4 is 0 Å². The van der Waals surface area contributed by atoms with Gasteiger partial charge < -0.3 is 9.42 Å². The van der Waals surface area contributed by atoms with Crippen LogP contribution in [0.4, 0.5) is 0 Å². The molecule has 0 atom stereocenters. The van der Waals surface area contributed by atoms with E-state index in [0.29, 0.717) is 24.6 Å². The number of fused-ring (bicyclic) bond motifs is 1. The summed E-state index contributed by atoms with van der Waals surface area (Å²) in [5, 5.41) is 6.55. The number of piperazine rings is 1. The Balaban J connectivity index is 1.28. The Hall–Kier alpha value is -2.73. The van der Waals surface area contributed by atoms with Crippen LogP contribution in [0.15, 0.2) is 47.0 Å². The maximum absolute atomic E-state index is 12.6. The second-order valence-electron chi connectivity index (χ2n) is 8.00. The molecule has 1 saturated heterocycles. The average molecular weight is 393 g/mol. The van der Waals surface area contributed by atoms with Gasteiger partial charge in [0.2, 0.25) is 11.8 Å². The predicted octanol–water partition coefficient (Wildman–Crippen LogP) is 3.62. The van der Waals surface area contributed by atoms with E-state index in [1.165, 1.54) is 16.3 Å². The summed E-state index contributed by atoms with van der Waals surface area (Å²) >= 11 is 0. The quantitative estimate of drug-likeness (QED) is 0.641. The van der Waals surface area contributed by atoms with Crippen molar-refractivity contribution < 1.29 is 9.32 Å². The third-order valence-electron chi connectivity index (χ3n) is 5.55. The molecule has 29 heavy (non-hydrogen) atoms. The van der Waals surface area contributed by atoms with Crippen LogP contribution in [0.3, 0.4) is 0 Å². The maximum atomic E-state index is 12.6. The molecule has 152 valence electrons. The second kappa shape index (κ2) is 8.74. The Labute approximate surface area is 171 Å². The van der Waals surface area contributed by atoms with Crippen molar-refractivity contribution in [2.75, 3.05) is 26.2 Å². The third kappa shape index (κ3) is 4.65. The molecule has 2 heterocycles. The zero-order valence-corrected chi connectivity index (χ0v) is 17.2. The van der Waals surface area contributed by atoms with Crippen molar-refractivity contribution in [1.82, 2.24) is 19.9 Å². The van der Waals surface area contributed by atoms with E-state index in [1.54, 1.807) is 0 Å². The highest BCUT2D eigenvalue weighted by Gasteiger charge is 2.22. The molecule has 1 aliphatic heterocycles. The third-order valence-corrected chi connectivity index (χ3v) is 5.55. The monoisotopic (exact) mass is 392 g/mol. The number of carbonyl (C=O) groups is 1. The summed E-state index contributed by atoms with van der Waals surface area (Å²) in [4.78, 5) is 21.3. The van der Waals surface area contributed by atoms with E-state index in [0.717, 1.165) is 32.7 Å². The first-order chi connectivity index (χ1) is 14.1. The van der Waals surface area contributed by atoms with Crippen molar-refractivity contribution in [3.05, 3.63) is 59.7 Å². The highest BCUT2D eigenvalue weighted by atomic mass is 16.5. The predicted molar refractivity (Wildman–Crippen MR) is 113 cm³/mol. The Kier molecular flexibility index (Phi) is 5.90. The van der Waals surface area contributed by atoms with Gasteiger partial charge in [-0.2, -0.15) is 4.98 Å². The van der Waals surface area contributed by atoms with Gasteiger partial charge in [0.05, 0.1) is 0 Å². The maximum Gasteiger partial charge on any atom is 0.227 e. The van der Waals surface area contributed by atoms with E-state index in [-0.39, 0.29) is 11.8 Å². The molecular formula is C23H28N4O2. The van der Waals surface area contributed by atoms with Gasteiger partial charge in [-0.25, -0.2) is 0 Å². The SMILES string of the molecule is CC(C)c1noc(CCC(=O)N2CCN(Cc3cccc4ccccc34)CC2)n1. The van der Waals surface area contributed by atoms with Crippen molar-refractivity contribution >= 4 is 16.7 Å². The molecule has 6 nitrogen and oxygen atoms in total. The summed E-state index contributed by atoms with van der Waals surface area (Å²) < 4.78 is 5.24. The lowest BCUT2D eigenvalue weighted by Gasteiger charge is -2.35. The first-order valence-corrected chi connectivity index (χ1v) is 10.4. The Morgan fingerprint density at radius 1 is 1.07 bits per heavy atom. The molecule has 1 aromatic heterocycles. The number of rotatable bonds is 6. The molecule has 2 aromatic carbocycles. The molecule has 6 heteroatoms. The van der Waals surface area contributed by atoms with Crippen molar-refractivity contribution in [2.24, 2.45) is 0 Å². The van der Waals surface area contributed by atoms with Crippen molar-refractivity contribution in [1.29, 1.82) is 0 Å². The number of aromatic nitrogens is 2. The van der Waals surface area contributed by atoms with E-state index in [1.807, 2.05) is 18.7 Å². The number of benzene rings is 2. The van der Waals surface area contributed by atoms with Crippen molar-refractivity contribution in [3.63, 3.8) is 0 Å². The van der Waals surface area contributed by atoms with Crippen LogP contribution in [0.5, 0.6) is 0 Å². The van der Waals surface area contributed by atoms with E-state index in [4.69, 9.17) is 4.52 Å². The van der Waals surface area contributed by atoms with Crippen LogP contribution in [-0.4, -0.2) is 52.0 Å². The van der Waals surface area contributed by atoms with Crippen LogP contribution in [0.1, 0.15) is 43.5 Å². The summed E-state index contributed by atoms with van der Waals surface area (Å²) in [6.07, 6.45) is 0.928. The Bertz CT molecular complexity index is 968. The van der Waals surface area contributed by atoms with Crippen LogP contribution in [0.2, 0.25) is 0 Å². The minimum absolute atomic E-state index is 0.166. The van der Waals surface area contributed by atoms with Crippen LogP contribution in [0.25, 0.3) is 10.8 Å². The molecule has 0 aliphatic carbocycles. The lowest BCUT2D eigenvalue weighted by atomic mass is 10.0. The highest BCUT2D eigenvalue weighted by Crippen LogP contribution is 2.20. The number of aryl methyl sites for hydroxylation is 1. The molecule has 0 saturated carbocycles. The first-order valence-electron chi connectivity index (χ1n) is 10.4. The summed E-state index contributed by atoms with van der Waals surface area (Å²) in [5.41, 5.74) is 1.35. The van der Waals surface area contributed by atoms with Crippen LogP contribution in [-0.2, 0) is 17.8 Å². The Morgan fingerprint density at radius 3 is 2.59 bits per heavy atom. The van der Waals surface area contributed by atoms with E-state index in [2.05, 4.69) is 57.5 Å². The first kappa shape index (κ1) is 19.6. The fourth-order valence-corrected chi connectivity index (χ4v) is 3.80. The Morgan fingerprint density at radius 2 is 1.83 bits per heavy atom. The van der Waals surface area contributed by atoms with Gasteiger partial charge in [0.15, 0.2) is 5.82 Å². The van der Waals surface area contributed by atoms with Gasteiger partial charge in [-0.15, -0.1) is 0 Å². The average Bonchev–Trinajstić information content (AvgIpc) is 3.22. The smallest absolute Gasteiger partial charge is 0.227 e. The molecular weight excluding hydrogens is 364 g/mol. The summed E-state index contributed by atoms with van der Waals surface area (Å²) in [7, 11) is 0. The molecule has 1 aliphatic rings. The van der Waals surface area contributed by atoms with Gasteiger partial charge in [-0.05, 0) is 16.3 Å². The van der Waals surface area contributed by atoms with Gasteiger partial charge in [0.25, 0.3) is 0 Å². The van der Waals surface area contributed by atoms with Crippen molar-refractivity contribution in [2.45, 2.75) is 39.2 Å². The standard InChI is InChI=1S/C23H28N4O2/c1-17(2)23-24-21(29-25-23)10-11-22(28)27-14-12-26(13-15-27)16-19-8-5-7-18-6-3-4-9-20(18)19/h3-9,17H,10-16H2,1-2H3. The van der Waals surface area contributed by atoms with E-state index >= 15 is 0 Å². The molecule has 1 amide bonds. The summed E-state index contributed by atoms with van der Waals surface area (Å²) in [6.45, 7) is 8.30. The van der Waals surface area contributed by atoms with Gasteiger partial charge >= 0.3 is 0 Å². The molecule has 0 unspecified atom stereocenters. The molecule has 0 bridgehead atoms. The minimum atomic E-state index is 0.166. The molecule has 0 N–H and O–H groups in total. The number of nitrogens with zero attached hydrogens (tertiary/aromatic N) is 4. The zero-order valence-electron chi connectivity index (χ0n) is 17.2. The zero-order chi connectivity index (χ0) is 20.2. The van der Waals surface area contributed by atoms with Gasteiger partial charge in [0, 0.05) is 51.5 Å². The second-order valence-corrected chi connectivity index (χ2v) is 8.00. The number of amides is 1. The molecule has 0 radical (unpaired) electrons. The normalized spacial score (nSPS) is 15.3. The minimum Gasteiger partial charge on any atom is -0.340 e. The van der Waals surface area contributed by atoms with Gasteiger partial charge in [-0.1, -0.05) is 61.5 Å². The number of hydrogen-bond donors (Lipinski definition) is 0. The van der Waals surface area contributed by atoms with E-state index in [9.17, 15) is 4.79 Å². The topological polar surface area (TPSA) is 62.5 Å². The highest BCUT2D eigenvalue weighted by molar-refractivity contribution is 5.85. The number of hydrogen-bond acceptors (Lipinski definition) is 5. The number of carbonyl (C=O) groups excluding carboxylic acids is 1. The largest absolute Gasteiger partial charge is 0.340 e. The molecule has 1 fully saturated rings. The lowest BCUT2D eigenvalue weighted by molar-refractivity contribution is -0.133. The van der Waals surface area contributed by atoms with E-state index < -0.39 is 0 Å². The van der Waals surface area contributed by atoms with Gasteiger partial charge in [0.1, 0.15) is 0 Å². The lowest BCUT2D eigenvalue weighted by Crippen LogP contribution is -2.48.